The molecule has 1 atom stereocenters. The van der Waals surface area contributed by atoms with E-state index in [2.05, 4.69) is 11.6 Å². The molecule has 4 nitrogen and oxygen atoms in total. The van der Waals surface area contributed by atoms with E-state index in [-0.39, 0.29) is 17.8 Å². The van der Waals surface area contributed by atoms with Gasteiger partial charge in [0, 0.05) is 30.4 Å². The number of benzene rings is 2. The highest BCUT2D eigenvalue weighted by molar-refractivity contribution is 6.01. The molecule has 30 heavy (non-hydrogen) atoms. The number of rotatable bonds is 5. The Labute approximate surface area is 177 Å². The van der Waals surface area contributed by atoms with Crippen LogP contribution >= 0.6 is 0 Å². The largest absolute Gasteiger partial charge is 0.375 e. The topological polar surface area (TPSA) is 41.9 Å². The monoisotopic (exact) mass is 406 g/mol. The van der Waals surface area contributed by atoms with E-state index in [1.165, 1.54) is 6.07 Å². The van der Waals surface area contributed by atoms with Crippen LogP contribution in [-0.4, -0.2) is 42.8 Å². The number of hydrogen-bond acceptors (Lipinski definition) is 3. The standard InChI is InChI=1S/C25H27FN2O2/c1-5-24(27-15-17(2)3)22-11-10-19(14-23(22)26)20-8-6-7-9-21(20)25(29)28-12-13-30-18(4)16-28/h5-11,14-15,18H,2,12-13,16H2,1,3-4H3/b24-5-,27-15?/t18-/m0/s1. The molecular formula is C25H27FN2O2. The summed E-state index contributed by atoms with van der Waals surface area (Å²) >= 11 is 0. The number of nitrogens with zero attached hydrogens (tertiary/aromatic N) is 2. The van der Waals surface area contributed by atoms with Crippen LogP contribution in [-0.2, 0) is 4.74 Å². The lowest BCUT2D eigenvalue weighted by Crippen LogP contribution is -2.44. The molecule has 1 heterocycles. The van der Waals surface area contributed by atoms with Crippen molar-refractivity contribution < 1.29 is 13.9 Å². The van der Waals surface area contributed by atoms with Crippen molar-refractivity contribution in [2.45, 2.75) is 26.9 Å². The van der Waals surface area contributed by atoms with Crippen LogP contribution in [0.2, 0.25) is 0 Å². The van der Waals surface area contributed by atoms with Gasteiger partial charge in [0.2, 0.25) is 0 Å². The Morgan fingerprint density at radius 1 is 1.27 bits per heavy atom. The highest BCUT2D eigenvalue weighted by Crippen LogP contribution is 2.29. The molecule has 1 aliphatic heterocycles. The van der Waals surface area contributed by atoms with Crippen LogP contribution in [0.15, 0.2) is 65.7 Å². The van der Waals surface area contributed by atoms with E-state index in [1.807, 2.05) is 45.0 Å². The van der Waals surface area contributed by atoms with E-state index in [0.717, 1.165) is 5.57 Å². The highest BCUT2D eigenvalue weighted by Gasteiger charge is 2.24. The van der Waals surface area contributed by atoms with Crippen molar-refractivity contribution in [3.05, 3.63) is 77.6 Å². The molecule has 0 aliphatic carbocycles. The number of morpholine rings is 1. The molecule has 1 amide bonds. The SMILES string of the molecule is C=C(C)C=N/C(=C\C)c1ccc(-c2ccccc2C(=O)N2CCO[C@@H](C)C2)cc1F. The van der Waals surface area contributed by atoms with E-state index in [0.29, 0.717) is 47.6 Å². The number of hydrogen-bond donors (Lipinski definition) is 0. The summed E-state index contributed by atoms with van der Waals surface area (Å²) in [5, 5.41) is 0. The van der Waals surface area contributed by atoms with Gasteiger partial charge in [-0.15, -0.1) is 0 Å². The van der Waals surface area contributed by atoms with Gasteiger partial charge < -0.3 is 9.64 Å². The summed E-state index contributed by atoms with van der Waals surface area (Å²) in [6.45, 7) is 11.0. The number of carbonyl (C=O) groups excluding carboxylic acids is 1. The molecule has 0 N–H and O–H groups in total. The molecule has 2 aromatic rings. The molecule has 1 fully saturated rings. The summed E-state index contributed by atoms with van der Waals surface area (Å²) < 4.78 is 20.5. The minimum Gasteiger partial charge on any atom is -0.375 e. The van der Waals surface area contributed by atoms with Crippen molar-refractivity contribution in [2.24, 2.45) is 4.99 Å². The summed E-state index contributed by atoms with van der Waals surface area (Å²) in [6, 6.07) is 12.3. The Hall–Kier alpha value is -3.05. The fraction of sp³-hybridized carbons (Fsp3) is 0.280. The number of allylic oxidation sites excluding steroid dienone is 2. The second-order valence-electron chi connectivity index (χ2n) is 7.45. The maximum Gasteiger partial charge on any atom is 0.254 e. The zero-order valence-corrected chi connectivity index (χ0v) is 17.7. The smallest absolute Gasteiger partial charge is 0.254 e. The van der Waals surface area contributed by atoms with E-state index in [4.69, 9.17) is 4.74 Å². The Balaban J connectivity index is 1.95. The molecule has 0 unspecified atom stereocenters. The third-order valence-corrected chi connectivity index (χ3v) is 4.94. The summed E-state index contributed by atoms with van der Waals surface area (Å²) in [4.78, 5) is 19.2. The number of carbonyl (C=O) groups is 1. The van der Waals surface area contributed by atoms with Gasteiger partial charge in [-0.2, -0.15) is 0 Å². The Morgan fingerprint density at radius 2 is 2.03 bits per heavy atom. The number of amides is 1. The second-order valence-corrected chi connectivity index (χ2v) is 7.45. The molecule has 156 valence electrons. The summed E-state index contributed by atoms with van der Waals surface area (Å²) in [7, 11) is 0. The lowest BCUT2D eigenvalue weighted by atomic mass is 9.96. The molecule has 3 rings (SSSR count). The van der Waals surface area contributed by atoms with Crippen LogP contribution in [0, 0.1) is 5.82 Å². The lowest BCUT2D eigenvalue weighted by Gasteiger charge is -2.31. The highest BCUT2D eigenvalue weighted by atomic mass is 19.1. The fourth-order valence-electron chi connectivity index (χ4n) is 3.46. The predicted molar refractivity (Wildman–Crippen MR) is 120 cm³/mol. The Morgan fingerprint density at radius 3 is 2.70 bits per heavy atom. The predicted octanol–water partition coefficient (Wildman–Crippen LogP) is 5.36. The van der Waals surface area contributed by atoms with Crippen molar-refractivity contribution in [1.29, 1.82) is 0 Å². The fourth-order valence-corrected chi connectivity index (χ4v) is 3.46. The first-order valence-corrected chi connectivity index (χ1v) is 10.1. The van der Waals surface area contributed by atoms with Crippen LogP contribution in [0.3, 0.4) is 0 Å². The molecule has 0 bridgehead atoms. The van der Waals surface area contributed by atoms with Crippen LogP contribution < -0.4 is 0 Å². The minimum atomic E-state index is -0.387. The van der Waals surface area contributed by atoms with Gasteiger partial charge in [0.1, 0.15) is 5.82 Å². The van der Waals surface area contributed by atoms with Crippen molar-refractivity contribution in [2.75, 3.05) is 19.7 Å². The van der Waals surface area contributed by atoms with E-state index in [9.17, 15) is 9.18 Å². The molecule has 0 saturated carbocycles. The molecule has 5 heteroatoms. The molecule has 1 saturated heterocycles. The quantitative estimate of drug-likeness (QED) is 0.627. The van der Waals surface area contributed by atoms with Gasteiger partial charge in [0.05, 0.1) is 18.4 Å². The second kappa shape index (κ2) is 9.63. The Kier molecular flexibility index (Phi) is 6.95. The maximum atomic E-state index is 15.0. The average molecular weight is 407 g/mol. The van der Waals surface area contributed by atoms with Gasteiger partial charge in [-0.1, -0.05) is 36.9 Å². The number of aliphatic imine (C=N–C) groups is 1. The maximum absolute atomic E-state index is 15.0. The molecule has 2 aromatic carbocycles. The van der Waals surface area contributed by atoms with Crippen LogP contribution in [0.25, 0.3) is 16.8 Å². The van der Waals surface area contributed by atoms with Crippen LogP contribution in [0.4, 0.5) is 4.39 Å². The zero-order chi connectivity index (χ0) is 21.7. The van der Waals surface area contributed by atoms with Crippen molar-refractivity contribution in [3.8, 4) is 11.1 Å². The third kappa shape index (κ3) is 4.92. The van der Waals surface area contributed by atoms with Gasteiger partial charge in [0.25, 0.3) is 5.91 Å². The first kappa shape index (κ1) is 21.7. The number of halogens is 1. The van der Waals surface area contributed by atoms with Crippen molar-refractivity contribution in [1.82, 2.24) is 4.90 Å². The van der Waals surface area contributed by atoms with E-state index < -0.39 is 0 Å². The summed E-state index contributed by atoms with van der Waals surface area (Å²) in [6.07, 6.45) is 3.37. The first-order chi connectivity index (χ1) is 14.4. The van der Waals surface area contributed by atoms with Gasteiger partial charge in [-0.3, -0.25) is 9.79 Å². The van der Waals surface area contributed by atoms with Gasteiger partial charge in [0.15, 0.2) is 0 Å². The van der Waals surface area contributed by atoms with E-state index >= 15 is 0 Å². The molecule has 0 spiro atoms. The van der Waals surface area contributed by atoms with Gasteiger partial charge >= 0.3 is 0 Å². The first-order valence-electron chi connectivity index (χ1n) is 10.1. The van der Waals surface area contributed by atoms with Crippen molar-refractivity contribution >= 4 is 17.8 Å². The summed E-state index contributed by atoms with van der Waals surface area (Å²) in [5.41, 5.74) is 3.65. The van der Waals surface area contributed by atoms with Crippen molar-refractivity contribution in [3.63, 3.8) is 0 Å². The minimum absolute atomic E-state index is 0.00518. The number of ether oxygens (including phenoxy) is 1. The van der Waals surface area contributed by atoms with Crippen LogP contribution in [0.1, 0.15) is 36.7 Å². The lowest BCUT2D eigenvalue weighted by molar-refractivity contribution is -0.0123. The van der Waals surface area contributed by atoms with E-state index in [1.54, 1.807) is 29.3 Å². The molecule has 1 aliphatic rings. The molecule has 0 aromatic heterocycles. The van der Waals surface area contributed by atoms with Gasteiger partial charge in [-0.05, 0) is 55.7 Å². The Bertz CT molecular complexity index is 1010. The van der Waals surface area contributed by atoms with Gasteiger partial charge in [-0.25, -0.2) is 4.39 Å². The third-order valence-electron chi connectivity index (χ3n) is 4.94. The molecule has 0 radical (unpaired) electrons. The normalized spacial score (nSPS) is 17.4. The average Bonchev–Trinajstić information content (AvgIpc) is 2.74. The van der Waals surface area contributed by atoms with Crippen LogP contribution in [0.5, 0.6) is 0 Å². The molecular weight excluding hydrogens is 379 g/mol. The zero-order valence-electron chi connectivity index (χ0n) is 17.7. The summed E-state index contributed by atoms with van der Waals surface area (Å²) in [5.74, 6) is -0.452.